The van der Waals surface area contributed by atoms with Gasteiger partial charge in [0.05, 0.1) is 5.92 Å². The van der Waals surface area contributed by atoms with Gasteiger partial charge in [0.25, 0.3) is 0 Å². The Morgan fingerprint density at radius 3 is 2.39 bits per heavy atom. The van der Waals surface area contributed by atoms with Crippen molar-refractivity contribution in [3.63, 3.8) is 0 Å². The van der Waals surface area contributed by atoms with Gasteiger partial charge in [0.2, 0.25) is 5.90 Å². The molecule has 1 aromatic rings. The lowest BCUT2D eigenvalue weighted by atomic mass is 9.89. The number of carbonyl (C=O) groups excluding carboxylic acids is 1. The summed E-state index contributed by atoms with van der Waals surface area (Å²) in [5.41, 5.74) is 2.56. The Morgan fingerprint density at radius 2 is 1.89 bits per heavy atom. The Balaban J connectivity index is 2.51. The standard InChI is InChI=1S/C14H15NO3/c1-8-4-6-11(7-5-8)13-12(9(2)16)10(3)18-14(13)15-17/h4-7,13,17H,1-3H3/b15-14+. The summed E-state index contributed by atoms with van der Waals surface area (Å²) in [4.78, 5) is 11.7. The van der Waals surface area contributed by atoms with Gasteiger partial charge in [-0.1, -0.05) is 35.0 Å². The van der Waals surface area contributed by atoms with E-state index in [1.165, 1.54) is 6.92 Å². The van der Waals surface area contributed by atoms with Gasteiger partial charge in [-0.25, -0.2) is 0 Å². The number of hydrogen-bond acceptors (Lipinski definition) is 4. The molecule has 18 heavy (non-hydrogen) atoms. The van der Waals surface area contributed by atoms with Crippen LogP contribution in [0.1, 0.15) is 30.9 Å². The van der Waals surface area contributed by atoms with E-state index in [9.17, 15) is 4.79 Å². The average Bonchev–Trinajstić information content (AvgIpc) is 2.67. The third-order valence-corrected chi connectivity index (χ3v) is 3.06. The lowest BCUT2D eigenvalue weighted by molar-refractivity contribution is -0.113. The molecule has 0 spiro atoms. The second-order valence-electron chi connectivity index (χ2n) is 4.41. The molecule has 0 radical (unpaired) electrons. The Morgan fingerprint density at radius 1 is 1.28 bits per heavy atom. The number of Topliss-reactive ketones (excluding diaryl/α,β-unsaturated/α-hetero) is 1. The lowest BCUT2D eigenvalue weighted by Crippen LogP contribution is -2.14. The minimum absolute atomic E-state index is 0.0725. The van der Waals surface area contributed by atoms with E-state index in [0.717, 1.165) is 11.1 Å². The molecular formula is C14H15NO3. The predicted molar refractivity (Wildman–Crippen MR) is 67.6 cm³/mol. The van der Waals surface area contributed by atoms with E-state index in [1.807, 2.05) is 31.2 Å². The fourth-order valence-electron chi connectivity index (χ4n) is 2.19. The van der Waals surface area contributed by atoms with Crippen LogP contribution in [0.2, 0.25) is 0 Å². The Bertz CT molecular complexity index is 541. The van der Waals surface area contributed by atoms with Crippen LogP contribution in [-0.4, -0.2) is 16.9 Å². The van der Waals surface area contributed by atoms with E-state index < -0.39 is 5.92 Å². The van der Waals surface area contributed by atoms with Crippen LogP contribution in [0.4, 0.5) is 0 Å². The summed E-state index contributed by atoms with van der Waals surface area (Å²) in [6, 6.07) is 7.73. The van der Waals surface area contributed by atoms with Gasteiger partial charge >= 0.3 is 0 Å². The number of oxime groups is 1. The molecule has 1 aliphatic rings. The molecular weight excluding hydrogens is 230 g/mol. The molecule has 1 aromatic carbocycles. The van der Waals surface area contributed by atoms with Gasteiger partial charge in [0.15, 0.2) is 5.78 Å². The van der Waals surface area contributed by atoms with Crippen molar-refractivity contribution in [3.8, 4) is 0 Å². The molecule has 1 unspecified atom stereocenters. The van der Waals surface area contributed by atoms with Gasteiger partial charge in [0, 0.05) is 5.57 Å². The number of allylic oxidation sites excluding steroid dienone is 1. The number of hydrogen-bond donors (Lipinski definition) is 1. The normalized spacial score (nSPS) is 21.3. The Kier molecular flexibility index (Phi) is 3.19. The molecule has 94 valence electrons. The number of carbonyl (C=O) groups is 1. The topological polar surface area (TPSA) is 58.9 Å². The molecule has 2 rings (SSSR count). The molecule has 0 bridgehead atoms. The molecule has 0 amide bonds. The first-order valence-corrected chi connectivity index (χ1v) is 5.72. The van der Waals surface area contributed by atoms with Crippen molar-refractivity contribution in [2.75, 3.05) is 0 Å². The van der Waals surface area contributed by atoms with E-state index in [-0.39, 0.29) is 11.7 Å². The zero-order chi connectivity index (χ0) is 13.3. The fraction of sp³-hybridized carbons (Fsp3) is 0.286. The van der Waals surface area contributed by atoms with E-state index in [1.54, 1.807) is 6.92 Å². The highest BCUT2D eigenvalue weighted by molar-refractivity contribution is 6.06. The monoisotopic (exact) mass is 245 g/mol. The van der Waals surface area contributed by atoms with E-state index in [4.69, 9.17) is 9.94 Å². The minimum Gasteiger partial charge on any atom is -0.443 e. The zero-order valence-electron chi connectivity index (χ0n) is 10.6. The van der Waals surface area contributed by atoms with Gasteiger partial charge in [0.1, 0.15) is 5.76 Å². The van der Waals surface area contributed by atoms with Crippen molar-refractivity contribution in [2.45, 2.75) is 26.7 Å². The molecule has 4 nitrogen and oxygen atoms in total. The van der Waals surface area contributed by atoms with Gasteiger partial charge in [-0.3, -0.25) is 4.79 Å². The maximum absolute atomic E-state index is 11.7. The van der Waals surface area contributed by atoms with Gasteiger partial charge in [-0.05, 0) is 26.3 Å². The van der Waals surface area contributed by atoms with Crippen LogP contribution in [0.15, 0.2) is 40.8 Å². The molecule has 0 saturated heterocycles. The molecule has 1 N–H and O–H groups in total. The van der Waals surface area contributed by atoms with Crippen LogP contribution in [0.3, 0.4) is 0 Å². The fourth-order valence-corrected chi connectivity index (χ4v) is 2.19. The van der Waals surface area contributed by atoms with E-state index in [0.29, 0.717) is 11.3 Å². The molecule has 0 aliphatic carbocycles. The Labute approximate surface area is 106 Å². The summed E-state index contributed by atoms with van der Waals surface area (Å²) < 4.78 is 5.34. The molecule has 4 heteroatoms. The molecule has 1 atom stereocenters. The van der Waals surface area contributed by atoms with E-state index in [2.05, 4.69) is 5.16 Å². The molecule has 0 fully saturated rings. The third-order valence-electron chi connectivity index (χ3n) is 3.06. The number of aryl methyl sites for hydroxylation is 1. The number of nitrogens with zero attached hydrogens (tertiary/aromatic N) is 1. The highest BCUT2D eigenvalue weighted by Gasteiger charge is 2.36. The summed E-state index contributed by atoms with van der Waals surface area (Å²) in [7, 11) is 0. The first-order chi connectivity index (χ1) is 8.54. The quantitative estimate of drug-likeness (QED) is 0.643. The zero-order valence-corrected chi connectivity index (χ0v) is 10.6. The van der Waals surface area contributed by atoms with Crippen molar-refractivity contribution in [2.24, 2.45) is 5.16 Å². The Hall–Kier alpha value is -2.10. The van der Waals surface area contributed by atoms with Crippen LogP contribution in [0.5, 0.6) is 0 Å². The SMILES string of the molecule is CC(=O)C1=C(C)O/C(=N/O)C1c1ccc(C)cc1. The smallest absolute Gasteiger partial charge is 0.242 e. The second-order valence-corrected chi connectivity index (χ2v) is 4.41. The van der Waals surface area contributed by atoms with Gasteiger partial charge < -0.3 is 9.94 Å². The van der Waals surface area contributed by atoms with E-state index >= 15 is 0 Å². The number of ether oxygens (including phenoxy) is 1. The van der Waals surface area contributed by atoms with Crippen molar-refractivity contribution in [3.05, 3.63) is 46.7 Å². The van der Waals surface area contributed by atoms with Crippen LogP contribution in [0.25, 0.3) is 0 Å². The molecule has 1 aliphatic heterocycles. The first kappa shape index (κ1) is 12.4. The van der Waals surface area contributed by atoms with Crippen LogP contribution in [-0.2, 0) is 9.53 Å². The highest BCUT2D eigenvalue weighted by Crippen LogP contribution is 2.36. The average molecular weight is 245 g/mol. The predicted octanol–water partition coefficient (Wildman–Crippen LogP) is 2.76. The molecule has 0 aromatic heterocycles. The number of benzene rings is 1. The summed E-state index contributed by atoms with van der Waals surface area (Å²) in [5.74, 6) is 0.173. The van der Waals surface area contributed by atoms with Crippen LogP contribution in [0, 0.1) is 6.92 Å². The summed E-state index contributed by atoms with van der Waals surface area (Å²) in [6.45, 7) is 5.18. The van der Waals surface area contributed by atoms with Crippen LogP contribution < -0.4 is 0 Å². The van der Waals surface area contributed by atoms with Crippen molar-refractivity contribution in [1.82, 2.24) is 0 Å². The molecule has 0 saturated carbocycles. The molecule has 1 heterocycles. The van der Waals surface area contributed by atoms with Gasteiger partial charge in [-0.15, -0.1) is 0 Å². The minimum atomic E-state index is -0.409. The van der Waals surface area contributed by atoms with Crippen molar-refractivity contribution >= 4 is 11.7 Å². The second kappa shape index (κ2) is 4.64. The highest BCUT2D eigenvalue weighted by atomic mass is 16.5. The van der Waals surface area contributed by atoms with Crippen LogP contribution >= 0.6 is 0 Å². The lowest BCUT2D eigenvalue weighted by Gasteiger charge is -2.11. The maximum atomic E-state index is 11.7. The first-order valence-electron chi connectivity index (χ1n) is 5.72. The summed E-state index contributed by atoms with van der Waals surface area (Å²) in [5, 5.41) is 12.1. The third kappa shape index (κ3) is 2.01. The number of rotatable bonds is 2. The van der Waals surface area contributed by atoms with Crippen molar-refractivity contribution < 1.29 is 14.7 Å². The largest absolute Gasteiger partial charge is 0.443 e. The van der Waals surface area contributed by atoms with Crippen molar-refractivity contribution in [1.29, 1.82) is 0 Å². The summed E-state index contributed by atoms with van der Waals surface area (Å²) >= 11 is 0. The number of ketones is 1. The maximum Gasteiger partial charge on any atom is 0.242 e. The summed E-state index contributed by atoms with van der Waals surface area (Å²) in [6.07, 6.45) is 0. The van der Waals surface area contributed by atoms with Gasteiger partial charge in [-0.2, -0.15) is 0 Å².